The van der Waals surface area contributed by atoms with Gasteiger partial charge in [0.2, 0.25) is 0 Å². The lowest BCUT2D eigenvalue weighted by atomic mass is 10.2. The molecular weight excluding hydrogens is 316 g/mol. The normalized spacial score (nSPS) is 16.0. The molecule has 0 saturated heterocycles. The number of methoxy groups -OCH3 is 1. The molecule has 1 N–H and O–H groups in total. The SMILES string of the molecule is COCc1ccccc1NC(=O)N(C(C)CS(C)(=O)=O)C1CC1. The van der Waals surface area contributed by atoms with E-state index in [1.807, 2.05) is 24.3 Å². The molecule has 1 unspecified atom stereocenters. The van der Waals surface area contributed by atoms with E-state index in [-0.39, 0.29) is 23.9 Å². The van der Waals surface area contributed by atoms with Crippen molar-refractivity contribution in [3.05, 3.63) is 29.8 Å². The molecule has 0 aromatic heterocycles. The lowest BCUT2D eigenvalue weighted by Gasteiger charge is -2.29. The molecule has 1 fully saturated rings. The van der Waals surface area contributed by atoms with Crippen LogP contribution in [0.5, 0.6) is 0 Å². The van der Waals surface area contributed by atoms with Gasteiger partial charge >= 0.3 is 6.03 Å². The van der Waals surface area contributed by atoms with E-state index in [4.69, 9.17) is 4.74 Å². The molecule has 0 radical (unpaired) electrons. The van der Waals surface area contributed by atoms with Crippen LogP contribution in [0.25, 0.3) is 0 Å². The molecule has 128 valence electrons. The van der Waals surface area contributed by atoms with E-state index in [9.17, 15) is 13.2 Å². The number of nitrogens with zero attached hydrogens (tertiary/aromatic N) is 1. The summed E-state index contributed by atoms with van der Waals surface area (Å²) in [6.07, 6.45) is 3.03. The molecule has 6 nitrogen and oxygen atoms in total. The zero-order valence-corrected chi connectivity index (χ0v) is 14.6. The maximum atomic E-state index is 12.7. The van der Waals surface area contributed by atoms with Crippen LogP contribution in [0.15, 0.2) is 24.3 Å². The van der Waals surface area contributed by atoms with E-state index in [2.05, 4.69) is 5.32 Å². The summed E-state index contributed by atoms with van der Waals surface area (Å²) in [4.78, 5) is 14.3. The standard InChI is InChI=1S/C16H24N2O4S/c1-12(11-23(3,20)21)18(14-8-9-14)16(19)17-15-7-5-4-6-13(15)10-22-2/h4-7,12,14H,8-11H2,1-3H3,(H,17,19). The second kappa shape index (κ2) is 7.31. The summed E-state index contributed by atoms with van der Waals surface area (Å²) in [6, 6.07) is 6.95. The van der Waals surface area contributed by atoms with Crippen LogP contribution in [-0.4, -0.2) is 50.6 Å². The number of benzene rings is 1. The van der Waals surface area contributed by atoms with Crippen LogP contribution in [0.3, 0.4) is 0 Å². The number of ether oxygens (including phenoxy) is 1. The van der Waals surface area contributed by atoms with Crippen LogP contribution in [0, 0.1) is 0 Å². The van der Waals surface area contributed by atoms with Gasteiger partial charge in [-0.1, -0.05) is 18.2 Å². The highest BCUT2D eigenvalue weighted by Crippen LogP contribution is 2.30. The lowest BCUT2D eigenvalue weighted by Crippen LogP contribution is -2.46. The van der Waals surface area contributed by atoms with E-state index in [1.165, 1.54) is 6.26 Å². The molecular formula is C16H24N2O4S. The zero-order valence-electron chi connectivity index (χ0n) is 13.8. The molecule has 1 aromatic carbocycles. The molecule has 2 amide bonds. The van der Waals surface area contributed by atoms with Crippen LogP contribution in [-0.2, 0) is 21.2 Å². The predicted molar refractivity (Wildman–Crippen MR) is 90.2 cm³/mol. The Balaban J connectivity index is 2.13. The Morgan fingerprint density at radius 1 is 1.39 bits per heavy atom. The third-order valence-electron chi connectivity index (χ3n) is 3.75. The van der Waals surface area contributed by atoms with Crippen LogP contribution < -0.4 is 5.32 Å². The first-order chi connectivity index (χ1) is 10.8. The molecule has 7 heteroatoms. The molecule has 0 aliphatic heterocycles. The van der Waals surface area contributed by atoms with Gasteiger partial charge in [0.15, 0.2) is 0 Å². The number of para-hydroxylation sites is 1. The summed E-state index contributed by atoms with van der Waals surface area (Å²) in [7, 11) is -1.54. The van der Waals surface area contributed by atoms with Crippen LogP contribution in [0.1, 0.15) is 25.3 Å². The minimum Gasteiger partial charge on any atom is -0.380 e. The van der Waals surface area contributed by atoms with Crippen LogP contribution in [0.2, 0.25) is 0 Å². The fourth-order valence-corrected chi connectivity index (χ4v) is 3.74. The molecule has 1 aliphatic rings. The monoisotopic (exact) mass is 340 g/mol. The van der Waals surface area contributed by atoms with E-state index in [1.54, 1.807) is 18.9 Å². The van der Waals surface area contributed by atoms with Gasteiger partial charge < -0.3 is 15.0 Å². The molecule has 1 aliphatic carbocycles. The molecule has 0 heterocycles. The predicted octanol–water partition coefficient (Wildman–Crippen LogP) is 2.26. The molecule has 23 heavy (non-hydrogen) atoms. The van der Waals surface area contributed by atoms with Gasteiger partial charge in [0.25, 0.3) is 0 Å². The van der Waals surface area contributed by atoms with E-state index in [0.29, 0.717) is 12.3 Å². The number of amides is 2. The molecule has 2 rings (SSSR count). The maximum Gasteiger partial charge on any atom is 0.322 e. The molecule has 0 spiro atoms. The first kappa shape index (κ1) is 17.7. The van der Waals surface area contributed by atoms with Gasteiger partial charge in [-0.2, -0.15) is 0 Å². The number of carbonyl (C=O) groups is 1. The summed E-state index contributed by atoms with van der Waals surface area (Å²) in [5.41, 5.74) is 1.58. The Hall–Kier alpha value is -1.60. The van der Waals surface area contributed by atoms with Gasteiger partial charge in [-0.3, -0.25) is 0 Å². The fraction of sp³-hybridized carbons (Fsp3) is 0.562. The third-order valence-corrected chi connectivity index (χ3v) is 4.84. The number of hydrogen-bond acceptors (Lipinski definition) is 4. The van der Waals surface area contributed by atoms with E-state index in [0.717, 1.165) is 18.4 Å². The number of rotatable bonds is 7. The summed E-state index contributed by atoms with van der Waals surface area (Å²) < 4.78 is 28.2. The van der Waals surface area contributed by atoms with E-state index < -0.39 is 9.84 Å². The van der Waals surface area contributed by atoms with Gasteiger partial charge in [0, 0.05) is 36.7 Å². The van der Waals surface area contributed by atoms with Gasteiger partial charge in [-0.15, -0.1) is 0 Å². The van der Waals surface area contributed by atoms with Gasteiger partial charge in [0.1, 0.15) is 9.84 Å². The maximum absolute atomic E-state index is 12.7. The first-order valence-corrected chi connectivity index (χ1v) is 9.71. The van der Waals surface area contributed by atoms with Gasteiger partial charge in [-0.05, 0) is 25.8 Å². The highest BCUT2D eigenvalue weighted by Gasteiger charge is 2.37. The lowest BCUT2D eigenvalue weighted by molar-refractivity contribution is 0.184. The van der Waals surface area contributed by atoms with Crippen LogP contribution in [0.4, 0.5) is 10.5 Å². The van der Waals surface area contributed by atoms with Crippen molar-refractivity contribution < 1.29 is 17.9 Å². The highest BCUT2D eigenvalue weighted by atomic mass is 32.2. The minimum absolute atomic E-state index is 0.0311. The third kappa shape index (κ3) is 5.21. The second-order valence-corrected chi connectivity index (χ2v) is 8.29. The topological polar surface area (TPSA) is 75.7 Å². The van der Waals surface area contributed by atoms with Crippen molar-refractivity contribution >= 4 is 21.6 Å². The summed E-state index contributed by atoms with van der Waals surface area (Å²) in [6.45, 7) is 2.18. The first-order valence-electron chi connectivity index (χ1n) is 7.65. The summed E-state index contributed by atoms with van der Waals surface area (Å²) in [5.74, 6) is -0.0311. The number of anilines is 1. The van der Waals surface area contributed by atoms with Crippen molar-refractivity contribution in [2.24, 2.45) is 0 Å². The van der Waals surface area contributed by atoms with Crippen molar-refractivity contribution in [1.82, 2.24) is 4.90 Å². The number of carbonyl (C=O) groups excluding carboxylic acids is 1. The van der Waals surface area contributed by atoms with Crippen molar-refractivity contribution in [3.8, 4) is 0 Å². The Kier molecular flexibility index (Phi) is 5.64. The Labute approximate surface area is 137 Å². The average molecular weight is 340 g/mol. The average Bonchev–Trinajstić information content (AvgIpc) is 3.24. The molecule has 0 bridgehead atoms. The van der Waals surface area contributed by atoms with E-state index >= 15 is 0 Å². The zero-order chi connectivity index (χ0) is 17.0. The van der Waals surface area contributed by atoms with Gasteiger partial charge in [-0.25, -0.2) is 13.2 Å². The fourth-order valence-electron chi connectivity index (χ4n) is 2.70. The molecule has 1 aromatic rings. The Bertz CT molecular complexity index is 656. The van der Waals surface area contributed by atoms with Crippen molar-refractivity contribution in [3.63, 3.8) is 0 Å². The quantitative estimate of drug-likeness (QED) is 0.826. The number of nitrogens with one attached hydrogen (secondary N) is 1. The Morgan fingerprint density at radius 2 is 2.04 bits per heavy atom. The largest absolute Gasteiger partial charge is 0.380 e. The highest BCUT2D eigenvalue weighted by molar-refractivity contribution is 7.90. The summed E-state index contributed by atoms with van der Waals surface area (Å²) >= 11 is 0. The van der Waals surface area contributed by atoms with Crippen molar-refractivity contribution in [1.29, 1.82) is 0 Å². The number of urea groups is 1. The van der Waals surface area contributed by atoms with Crippen molar-refractivity contribution in [2.75, 3.05) is 24.4 Å². The number of hydrogen-bond donors (Lipinski definition) is 1. The van der Waals surface area contributed by atoms with Crippen LogP contribution >= 0.6 is 0 Å². The summed E-state index contributed by atoms with van der Waals surface area (Å²) in [5, 5.41) is 2.90. The minimum atomic E-state index is -3.14. The Morgan fingerprint density at radius 3 is 2.61 bits per heavy atom. The number of sulfone groups is 1. The smallest absolute Gasteiger partial charge is 0.322 e. The second-order valence-electron chi connectivity index (χ2n) is 6.10. The molecule has 1 saturated carbocycles. The molecule has 1 atom stereocenters. The van der Waals surface area contributed by atoms with Crippen molar-refractivity contribution in [2.45, 2.75) is 38.5 Å². The van der Waals surface area contributed by atoms with Gasteiger partial charge in [0.05, 0.1) is 12.4 Å².